The van der Waals surface area contributed by atoms with Gasteiger partial charge in [-0.1, -0.05) is 63.3 Å². The van der Waals surface area contributed by atoms with E-state index in [-0.39, 0.29) is 10.8 Å². The van der Waals surface area contributed by atoms with Crippen molar-refractivity contribution in [2.45, 2.75) is 29.7 Å². The molecule has 3 heterocycles. The Morgan fingerprint density at radius 1 is 1.03 bits per heavy atom. The van der Waals surface area contributed by atoms with Crippen LogP contribution in [-0.2, 0) is 16.2 Å². The molecule has 6 rings (SSSR count). The van der Waals surface area contributed by atoms with Crippen molar-refractivity contribution >= 4 is 56.5 Å². The van der Waals surface area contributed by atoms with Gasteiger partial charge in [-0.3, -0.25) is 14.4 Å². The van der Waals surface area contributed by atoms with E-state index in [9.17, 15) is 18.8 Å². The number of rotatable bonds is 5. The Balaban J connectivity index is 1.45. The number of fused-ring (bicyclic) bond motifs is 2. The van der Waals surface area contributed by atoms with E-state index in [0.29, 0.717) is 33.5 Å². The lowest BCUT2D eigenvalue weighted by Gasteiger charge is -2.31. The lowest BCUT2D eigenvalue weighted by molar-refractivity contribution is -0.122. The van der Waals surface area contributed by atoms with E-state index in [4.69, 9.17) is 4.74 Å². The molecule has 3 aromatic carbocycles. The minimum Gasteiger partial charge on any atom is -0.489 e. The summed E-state index contributed by atoms with van der Waals surface area (Å²) < 4.78 is 20.7. The molecule has 0 saturated carbocycles. The average molecular weight is 612 g/mol. The van der Waals surface area contributed by atoms with Crippen LogP contribution in [0.25, 0.3) is 0 Å². The van der Waals surface area contributed by atoms with Crippen LogP contribution in [0, 0.1) is 18.7 Å². The molecule has 38 heavy (non-hydrogen) atoms. The van der Waals surface area contributed by atoms with E-state index in [1.165, 1.54) is 36.0 Å². The monoisotopic (exact) mass is 610 g/mol. The second-order valence-electron chi connectivity index (χ2n) is 9.14. The number of thioether (sulfide) groups is 1. The number of carbonyl (C=O) groups excluding carboxylic acids is 2. The van der Waals surface area contributed by atoms with Gasteiger partial charge in [-0.25, -0.2) is 9.29 Å². The zero-order valence-electron chi connectivity index (χ0n) is 19.9. The summed E-state index contributed by atoms with van der Waals surface area (Å²) in [7, 11) is 0. The van der Waals surface area contributed by atoms with Gasteiger partial charge < -0.3 is 9.72 Å². The summed E-state index contributed by atoms with van der Waals surface area (Å²) in [6.45, 7) is 2.34. The number of aromatic amines is 1. The fourth-order valence-electron chi connectivity index (χ4n) is 5.02. The number of benzene rings is 3. The van der Waals surface area contributed by atoms with E-state index >= 15 is 0 Å². The van der Waals surface area contributed by atoms with E-state index in [0.717, 1.165) is 31.8 Å². The number of hydrogen-bond donors (Lipinski definition) is 1. The first-order valence-electron chi connectivity index (χ1n) is 11.8. The van der Waals surface area contributed by atoms with Gasteiger partial charge in [-0.2, -0.15) is 0 Å². The van der Waals surface area contributed by atoms with Crippen molar-refractivity contribution in [1.29, 1.82) is 0 Å². The molecule has 1 fully saturated rings. The first-order valence-corrected chi connectivity index (χ1v) is 14.3. The molecule has 1 N–H and O–H groups in total. The number of H-pyrrole nitrogens is 1. The zero-order chi connectivity index (χ0) is 26.6. The maximum atomic E-state index is 13.9. The van der Waals surface area contributed by atoms with Gasteiger partial charge in [0.25, 0.3) is 0 Å². The quantitative estimate of drug-likeness (QED) is 0.279. The molecule has 1 saturated heterocycles. The normalized spacial score (nSPS) is 20.4. The highest BCUT2D eigenvalue weighted by Crippen LogP contribution is 2.54. The van der Waals surface area contributed by atoms with E-state index < -0.39 is 28.8 Å². The maximum absolute atomic E-state index is 13.9. The molecule has 0 bridgehead atoms. The molecule has 2 aliphatic heterocycles. The number of imide groups is 1. The highest BCUT2D eigenvalue weighted by Gasteiger charge is 2.56. The number of nitrogens with zero attached hydrogens (tertiary/aromatic N) is 1. The number of thiazole rings is 1. The van der Waals surface area contributed by atoms with E-state index in [1.54, 1.807) is 0 Å². The molecule has 2 amide bonds. The molecule has 0 aliphatic carbocycles. The van der Waals surface area contributed by atoms with E-state index in [2.05, 4.69) is 20.9 Å². The first kappa shape index (κ1) is 25.1. The zero-order valence-corrected chi connectivity index (χ0v) is 23.2. The molecule has 10 heteroatoms. The molecule has 2 aliphatic rings. The number of amides is 2. The van der Waals surface area contributed by atoms with Crippen LogP contribution in [0.3, 0.4) is 0 Å². The SMILES string of the molecule is Cc1ccccc1COc1ccc(Br)cc1[C@H]1c2sc(=O)[nH]c2SC2C(=O)N(c3ccc(F)cc3)C(=O)C21. The molecule has 192 valence electrons. The van der Waals surface area contributed by atoms with Crippen LogP contribution in [-0.4, -0.2) is 22.0 Å². The molecule has 2 unspecified atom stereocenters. The molecular formula is C28H20BrFN2O4S2. The Hall–Kier alpha value is -3.21. The number of aryl methyl sites for hydroxylation is 1. The second-order valence-corrected chi connectivity index (χ2v) is 12.2. The summed E-state index contributed by atoms with van der Waals surface area (Å²) in [5.41, 5.74) is 3.15. The summed E-state index contributed by atoms with van der Waals surface area (Å²) >= 11 is 5.79. The number of nitrogens with one attached hydrogen (secondary N) is 1. The lowest BCUT2D eigenvalue weighted by atomic mass is 9.82. The van der Waals surface area contributed by atoms with Gasteiger partial charge in [0, 0.05) is 20.8 Å². The summed E-state index contributed by atoms with van der Waals surface area (Å²) in [6, 6.07) is 18.8. The Morgan fingerprint density at radius 2 is 1.79 bits per heavy atom. The van der Waals surface area contributed by atoms with Crippen LogP contribution >= 0.6 is 39.0 Å². The first-order chi connectivity index (χ1) is 18.3. The van der Waals surface area contributed by atoms with Crippen LogP contribution in [0.1, 0.15) is 27.5 Å². The molecule has 1 aromatic heterocycles. The standard InChI is InChI=1S/C28H20BrFN2O4S2/c1-14-4-2-3-5-15(14)13-36-20-11-6-16(29)12-19(20)21-22-24(37-25-23(21)38-28(35)31-25)27(34)32(26(22)33)18-9-7-17(30)8-10-18/h2-12,21-22,24H,13H2,1H3,(H,31,35)/t21-,22?,24?/m1/s1. The van der Waals surface area contributed by atoms with Gasteiger partial charge in [0.1, 0.15) is 23.4 Å². The third-order valence-corrected chi connectivity index (χ3v) is 9.75. The van der Waals surface area contributed by atoms with Crippen LogP contribution in [0.5, 0.6) is 5.75 Å². The van der Waals surface area contributed by atoms with Crippen molar-refractivity contribution in [1.82, 2.24) is 4.98 Å². The van der Waals surface area contributed by atoms with Crippen molar-refractivity contribution in [2.24, 2.45) is 5.92 Å². The van der Waals surface area contributed by atoms with Crippen molar-refractivity contribution in [3.05, 3.63) is 108 Å². The largest absolute Gasteiger partial charge is 0.489 e. The predicted molar refractivity (Wildman–Crippen MR) is 148 cm³/mol. The minimum absolute atomic E-state index is 0.250. The number of hydrogen-bond acceptors (Lipinski definition) is 6. The molecule has 0 radical (unpaired) electrons. The summed E-state index contributed by atoms with van der Waals surface area (Å²) in [5, 5.41) is -0.170. The number of halogens is 2. The molecule has 4 aromatic rings. The number of ether oxygens (including phenoxy) is 1. The Bertz CT molecular complexity index is 1630. The van der Waals surface area contributed by atoms with E-state index in [1.807, 2.05) is 49.4 Å². The molecule has 6 nitrogen and oxygen atoms in total. The predicted octanol–water partition coefficient (Wildman–Crippen LogP) is 6.02. The molecule has 3 atom stereocenters. The Kier molecular flexibility index (Phi) is 6.49. The van der Waals surface area contributed by atoms with Crippen molar-refractivity contribution < 1.29 is 18.7 Å². The van der Waals surface area contributed by atoms with Gasteiger partial charge in [0.15, 0.2) is 0 Å². The molecule has 0 spiro atoms. The topological polar surface area (TPSA) is 79.5 Å². The van der Waals surface area contributed by atoms with Crippen LogP contribution < -0.4 is 14.5 Å². The summed E-state index contributed by atoms with van der Waals surface area (Å²) in [5.74, 6) is -2.03. The highest BCUT2D eigenvalue weighted by molar-refractivity contribution is 9.10. The number of anilines is 1. The fraction of sp³-hybridized carbons (Fsp3) is 0.179. The maximum Gasteiger partial charge on any atom is 0.305 e. The van der Waals surface area contributed by atoms with Gasteiger partial charge in [-0.05, 0) is 60.5 Å². The summed E-state index contributed by atoms with van der Waals surface area (Å²) in [4.78, 5) is 44.4. The third-order valence-electron chi connectivity index (χ3n) is 6.86. The van der Waals surface area contributed by atoms with Crippen molar-refractivity contribution in [3.8, 4) is 5.75 Å². The third kappa shape index (κ3) is 4.30. The van der Waals surface area contributed by atoms with Gasteiger partial charge >= 0.3 is 4.87 Å². The van der Waals surface area contributed by atoms with Crippen LogP contribution in [0.4, 0.5) is 10.1 Å². The Labute approximate surface area is 234 Å². The van der Waals surface area contributed by atoms with Gasteiger partial charge in [0.2, 0.25) is 11.8 Å². The van der Waals surface area contributed by atoms with Crippen molar-refractivity contribution in [2.75, 3.05) is 4.90 Å². The Morgan fingerprint density at radius 3 is 2.55 bits per heavy atom. The molecular weight excluding hydrogens is 591 g/mol. The second kappa shape index (κ2) is 9.83. The fourth-order valence-corrected chi connectivity index (χ4v) is 7.90. The van der Waals surface area contributed by atoms with Gasteiger partial charge in [-0.15, -0.1) is 0 Å². The van der Waals surface area contributed by atoms with Crippen LogP contribution in [0.2, 0.25) is 0 Å². The number of carbonyl (C=O) groups is 2. The lowest BCUT2D eigenvalue weighted by Crippen LogP contribution is -2.32. The van der Waals surface area contributed by atoms with Crippen molar-refractivity contribution in [3.63, 3.8) is 0 Å². The minimum atomic E-state index is -0.772. The highest BCUT2D eigenvalue weighted by atomic mass is 79.9. The van der Waals surface area contributed by atoms with Gasteiger partial charge in [0.05, 0.1) is 16.6 Å². The smallest absolute Gasteiger partial charge is 0.305 e. The average Bonchev–Trinajstić information content (AvgIpc) is 3.39. The number of aromatic nitrogens is 1. The van der Waals surface area contributed by atoms with Crippen LogP contribution in [0.15, 0.2) is 81.0 Å². The summed E-state index contributed by atoms with van der Waals surface area (Å²) in [6.07, 6.45) is 0.